The minimum atomic E-state index is -1.40. The van der Waals surface area contributed by atoms with E-state index in [0.717, 1.165) is 4.90 Å². The van der Waals surface area contributed by atoms with Crippen molar-refractivity contribution in [2.75, 3.05) is 6.54 Å². The molecule has 1 saturated heterocycles. The average molecular weight is 444 g/mol. The van der Waals surface area contributed by atoms with E-state index >= 15 is 0 Å². The quantitative estimate of drug-likeness (QED) is 0.214. The average Bonchev–Trinajstić information content (AvgIpc) is 3.17. The van der Waals surface area contributed by atoms with E-state index in [0.29, 0.717) is 6.42 Å². The van der Waals surface area contributed by atoms with Gasteiger partial charge in [0, 0.05) is 13.0 Å². The fourth-order valence-electron chi connectivity index (χ4n) is 3.30. The van der Waals surface area contributed by atoms with Gasteiger partial charge in [0.05, 0.1) is 12.1 Å². The van der Waals surface area contributed by atoms with E-state index in [1.165, 1.54) is 6.92 Å². The van der Waals surface area contributed by atoms with Crippen molar-refractivity contribution < 1.29 is 39.3 Å². The molecule has 0 spiro atoms. The van der Waals surface area contributed by atoms with Gasteiger partial charge in [0.25, 0.3) is 0 Å². The maximum atomic E-state index is 12.8. The molecule has 7 N–H and O–H groups in total. The lowest BCUT2D eigenvalue weighted by molar-refractivity contribution is -0.151. The molecule has 0 bridgehead atoms. The number of amides is 3. The summed E-state index contributed by atoms with van der Waals surface area (Å²) in [6.07, 6.45) is -0.976. The second-order valence-corrected chi connectivity index (χ2v) is 8.02. The third kappa shape index (κ3) is 7.47. The summed E-state index contributed by atoms with van der Waals surface area (Å²) in [5.41, 5.74) is 5.67. The van der Waals surface area contributed by atoms with Gasteiger partial charge >= 0.3 is 11.9 Å². The van der Waals surface area contributed by atoms with E-state index < -0.39 is 65.8 Å². The Morgan fingerprint density at radius 2 is 1.61 bits per heavy atom. The van der Waals surface area contributed by atoms with Crippen LogP contribution in [0.25, 0.3) is 0 Å². The SMILES string of the molecule is CC(C)C(NC(=O)C(N)CCC(=O)O)C(=O)NC(C(=O)N1CCCC1C(=O)O)C(C)O. The first kappa shape index (κ1) is 26.3. The van der Waals surface area contributed by atoms with E-state index in [-0.39, 0.29) is 25.8 Å². The van der Waals surface area contributed by atoms with Crippen LogP contribution in [0, 0.1) is 5.92 Å². The van der Waals surface area contributed by atoms with Gasteiger partial charge < -0.3 is 36.6 Å². The fraction of sp³-hybridized carbons (Fsp3) is 0.737. The topological polar surface area (TPSA) is 199 Å². The van der Waals surface area contributed by atoms with Crippen LogP contribution >= 0.6 is 0 Å². The highest BCUT2D eigenvalue weighted by atomic mass is 16.4. The molecule has 0 radical (unpaired) electrons. The summed E-state index contributed by atoms with van der Waals surface area (Å²) in [5, 5.41) is 32.9. The van der Waals surface area contributed by atoms with Crippen LogP contribution in [0.1, 0.15) is 46.5 Å². The molecule has 12 nitrogen and oxygen atoms in total. The van der Waals surface area contributed by atoms with E-state index in [1.807, 2.05) is 0 Å². The summed E-state index contributed by atoms with van der Waals surface area (Å²) in [6, 6.07) is -4.67. The van der Waals surface area contributed by atoms with Crippen molar-refractivity contribution in [1.82, 2.24) is 15.5 Å². The minimum absolute atomic E-state index is 0.117. The van der Waals surface area contributed by atoms with Gasteiger partial charge in [-0.1, -0.05) is 13.8 Å². The highest BCUT2D eigenvalue weighted by Gasteiger charge is 2.40. The number of nitrogens with zero attached hydrogens (tertiary/aromatic N) is 1. The van der Waals surface area contributed by atoms with Gasteiger partial charge in [0.15, 0.2) is 0 Å². The van der Waals surface area contributed by atoms with E-state index in [1.54, 1.807) is 13.8 Å². The highest BCUT2D eigenvalue weighted by molar-refractivity contribution is 5.94. The third-order valence-corrected chi connectivity index (χ3v) is 5.12. The molecule has 0 aromatic heterocycles. The van der Waals surface area contributed by atoms with Crippen LogP contribution in [0.15, 0.2) is 0 Å². The Morgan fingerprint density at radius 1 is 1.03 bits per heavy atom. The highest BCUT2D eigenvalue weighted by Crippen LogP contribution is 2.19. The maximum Gasteiger partial charge on any atom is 0.326 e. The van der Waals surface area contributed by atoms with Gasteiger partial charge in [0.2, 0.25) is 17.7 Å². The predicted octanol–water partition coefficient (Wildman–Crippen LogP) is -1.74. The number of nitrogens with two attached hydrogens (primary N) is 1. The first-order valence-electron chi connectivity index (χ1n) is 10.2. The zero-order valence-corrected chi connectivity index (χ0v) is 17.9. The Labute approximate surface area is 180 Å². The van der Waals surface area contributed by atoms with Crippen LogP contribution in [-0.2, 0) is 24.0 Å². The monoisotopic (exact) mass is 444 g/mol. The van der Waals surface area contributed by atoms with Crippen molar-refractivity contribution in [2.24, 2.45) is 11.7 Å². The molecule has 176 valence electrons. The van der Waals surface area contributed by atoms with Crippen molar-refractivity contribution in [1.29, 1.82) is 0 Å². The Bertz CT molecular complexity index is 696. The minimum Gasteiger partial charge on any atom is -0.481 e. The summed E-state index contributed by atoms with van der Waals surface area (Å²) in [4.78, 5) is 61.0. The Balaban J connectivity index is 2.89. The van der Waals surface area contributed by atoms with Gasteiger partial charge in [-0.05, 0) is 32.1 Å². The number of carboxylic acid groups (broad SMARTS) is 2. The molecule has 0 aliphatic carbocycles. The summed E-state index contributed by atoms with van der Waals surface area (Å²) >= 11 is 0. The number of hydrogen-bond donors (Lipinski definition) is 6. The van der Waals surface area contributed by atoms with Crippen molar-refractivity contribution in [3.05, 3.63) is 0 Å². The molecule has 31 heavy (non-hydrogen) atoms. The molecule has 1 rings (SSSR count). The normalized spacial score (nSPS) is 19.9. The molecular formula is C19H32N4O8. The second kappa shape index (κ2) is 11.6. The molecule has 1 aliphatic rings. The van der Waals surface area contributed by atoms with Crippen LogP contribution in [0.2, 0.25) is 0 Å². The van der Waals surface area contributed by atoms with E-state index in [2.05, 4.69) is 10.6 Å². The third-order valence-electron chi connectivity index (χ3n) is 5.12. The van der Waals surface area contributed by atoms with Crippen molar-refractivity contribution in [3.63, 3.8) is 0 Å². The molecular weight excluding hydrogens is 412 g/mol. The molecule has 0 aromatic rings. The zero-order valence-electron chi connectivity index (χ0n) is 17.9. The molecule has 1 fully saturated rings. The Hall–Kier alpha value is -2.73. The molecule has 0 saturated carbocycles. The van der Waals surface area contributed by atoms with Crippen LogP contribution in [0.5, 0.6) is 0 Å². The smallest absolute Gasteiger partial charge is 0.326 e. The molecule has 5 unspecified atom stereocenters. The Kier molecular flexibility index (Phi) is 9.85. The first-order valence-corrected chi connectivity index (χ1v) is 10.2. The number of aliphatic hydroxyl groups is 1. The zero-order chi connectivity index (χ0) is 23.9. The number of carboxylic acids is 2. The van der Waals surface area contributed by atoms with E-state index in [4.69, 9.17) is 10.8 Å². The first-order chi connectivity index (χ1) is 14.4. The van der Waals surface area contributed by atoms with Crippen LogP contribution in [-0.4, -0.2) is 86.7 Å². The van der Waals surface area contributed by atoms with Crippen LogP contribution < -0.4 is 16.4 Å². The molecule has 5 atom stereocenters. The second-order valence-electron chi connectivity index (χ2n) is 8.02. The van der Waals surface area contributed by atoms with Gasteiger partial charge in [-0.25, -0.2) is 4.79 Å². The van der Waals surface area contributed by atoms with Crippen molar-refractivity contribution >= 4 is 29.7 Å². The predicted molar refractivity (Wildman–Crippen MR) is 108 cm³/mol. The standard InChI is InChI=1S/C19H32N4O8/c1-9(2)14(21-16(27)11(20)6-7-13(25)26)17(28)22-15(10(3)24)18(29)23-8-4-5-12(23)19(30)31/h9-12,14-15,24H,4-8,20H2,1-3H3,(H,21,27)(H,22,28)(H,25,26)(H,30,31). The molecule has 12 heteroatoms. The number of carbonyl (C=O) groups is 5. The summed E-state index contributed by atoms with van der Waals surface area (Å²) < 4.78 is 0. The Morgan fingerprint density at radius 3 is 2.10 bits per heavy atom. The van der Waals surface area contributed by atoms with Crippen LogP contribution in [0.4, 0.5) is 0 Å². The summed E-state index contributed by atoms with van der Waals surface area (Å²) in [7, 11) is 0. The van der Waals surface area contributed by atoms with Gasteiger partial charge in [-0.2, -0.15) is 0 Å². The molecule has 1 heterocycles. The summed E-state index contributed by atoms with van der Waals surface area (Å²) in [6.45, 7) is 4.78. The lowest BCUT2D eigenvalue weighted by atomic mass is 10.0. The largest absolute Gasteiger partial charge is 0.481 e. The lowest BCUT2D eigenvalue weighted by Crippen LogP contribution is -2.60. The summed E-state index contributed by atoms with van der Waals surface area (Å²) in [5.74, 6) is -4.88. The van der Waals surface area contributed by atoms with E-state index in [9.17, 15) is 34.2 Å². The number of carbonyl (C=O) groups excluding carboxylic acids is 3. The van der Waals surface area contributed by atoms with Gasteiger partial charge in [-0.3, -0.25) is 19.2 Å². The molecule has 3 amide bonds. The fourth-order valence-corrected chi connectivity index (χ4v) is 3.30. The van der Waals surface area contributed by atoms with Crippen LogP contribution in [0.3, 0.4) is 0 Å². The van der Waals surface area contributed by atoms with Gasteiger partial charge in [0.1, 0.15) is 18.1 Å². The van der Waals surface area contributed by atoms with Crippen molar-refractivity contribution in [2.45, 2.75) is 76.7 Å². The number of aliphatic carboxylic acids is 2. The lowest BCUT2D eigenvalue weighted by Gasteiger charge is -2.31. The number of nitrogens with one attached hydrogen (secondary N) is 2. The molecule has 0 aromatic carbocycles. The number of likely N-dealkylation sites (tertiary alicyclic amines) is 1. The maximum absolute atomic E-state index is 12.8. The molecule has 1 aliphatic heterocycles. The van der Waals surface area contributed by atoms with Crippen molar-refractivity contribution in [3.8, 4) is 0 Å². The number of aliphatic hydroxyl groups excluding tert-OH is 1. The number of rotatable bonds is 11. The number of hydrogen-bond acceptors (Lipinski definition) is 7. The van der Waals surface area contributed by atoms with Gasteiger partial charge in [-0.15, -0.1) is 0 Å².